The molecular weight excluding hydrogens is 320 g/mol. The molecule has 10 nitrogen and oxygen atoms in total. The summed E-state index contributed by atoms with van der Waals surface area (Å²) >= 11 is 0. The molecule has 0 atom stereocenters. The highest BCUT2D eigenvalue weighted by molar-refractivity contribution is 6.02. The zero-order valence-corrected chi connectivity index (χ0v) is 12.4. The molecule has 0 spiro atoms. The molecule has 0 heterocycles. The Morgan fingerprint density at radius 2 is 1.75 bits per heavy atom. The first kappa shape index (κ1) is 16.7. The summed E-state index contributed by atoms with van der Waals surface area (Å²) in [6.07, 6.45) is 0. The lowest BCUT2D eigenvalue weighted by atomic mass is 10.1. The number of nitro groups is 2. The number of nitrogens with two attached hydrogens (primary N) is 1. The lowest BCUT2D eigenvalue weighted by Gasteiger charge is -2.11. The number of rotatable bonds is 6. The normalized spacial score (nSPS) is 10.0. The van der Waals surface area contributed by atoms with E-state index in [1.54, 1.807) is 24.3 Å². The van der Waals surface area contributed by atoms with Gasteiger partial charge in [-0.1, -0.05) is 0 Å². The van der Waals surface area contributed by atoms with Gasteiger partial charge in [-0.15, -0.1) is 0 Å². The first-order valence-corrected chi connectivity index (χ1v) is 6.51. The monoisotopic (exact) mass is 332 g/mol. The van der Waals surface area contributed by atoms with E-state index in [4.69, 9.17) is 10.5 Å². The molecule has 0 aromatic heterocycles. The zero-order chi connectivity index (χ0) is 17.9. The molecule has 0 aliphatic heterocycles. The average molecular weight is 332 g/mol. The molecule has 0 saturated carbocycles. The number of nitro benzene ring substituents is 2. The van der Waals surface area contributed by atoms with E-state index in [9.17, 15) is 25.0 Å². The van der Waals surface area contributed by atoms with Crippen LogP contribution in [0.2, 0.25) is 0 Å². The number of amides is 1. The number of hydrogen-bond acceptors (Lipinski definition) is 7. The first-order chi connectivity index (χ1) is 11.3. The summed E-state index contributed by atoms with van der Waals surface area (Å²) in [6.45, 7) is 0. The van der Waals surface area contributed by atoms with Crippen LogP contribution in [-0.4, -0.2) is 22.9 Å². The third-order valence-corrected chi connectivity index (χ3v) is 3.13. The molecule has 2 aromatic rings. The fourth-order valence-electron chi connectivity index (χ4n) is 2.01. The number of carbonyl (C=O) groups excluding carboxylic acids is 1. The van der Waals surface area contributed by atoms with Gasteiger partial charge in [-0.25, -0.2) is 0 Å². The van der Waals surface area contributed by atoms with Gasteiger partial charge >= 0.3 is 0 Å². The molecule has 2 aromatic carbocycles. The van der Waals surface area contributed by atoms with Crippen molar-refractivity contribution in [1.82, 2.24) is 0 Å². The first-order valence-electron chi connectivity index (χ1n) is 6.51. The molecule has 0 bridgehead atoms. The van der Waals surface area contributed by atoms with E-state index in [1.165, 1.54) is 7.11 Å². The fraction of sp³-hybridized carbons (Fsp3) is 0.0714. The van der Waals surface area contributed by atoms with Gasteiger partial charge < -0.3 is 15.8 Å². The van der Waals surface area contributed by atoms with Crippen LogP contribution in [0.1, 0.15) is 10.4 Å². The maximum absolute atomic E-state index is 11.6. The summed E-state index contributed by atoms with van der Waals surface area (Å²) in [5.74, 6) is -0.466. The highest BCUT2D eigenvalue weighted by Gasteiger charge is 2.26. The summed E-state index contributed by atoms with van der Waals surface area (Å²) in [5, 5.41) is 24.8. The van der Waals surface area contributed by atoms with E-state index in [0.29, 0.717) is 11.4 Å². The van der Waals surface area contributed by atoms with Gasteiger partial charge in [0.05, 0.1) is 28.6 Å². The van der Waals surface area contributed by atoms with Gasteiger partial charge in [-0.05, 0) is 24.3 Å². The minimum atomic E-state index is -1.03. The van der Waals surface area contributed by atoms with E-state index in [-0.39, 0.29) is 11.3 Å². The minimum Gasteiger partial charge on any atom is -0.497 e. The number of primary amides is 1. The Morgan fingerprint density at radius 3 is 2.21 bits per heavy atom. The second kappa shape index (κ2) is 6.60. The van der Waals surface area contributed by atoms with Gasteiger partial charge in [-0.2, -0.15) is 0 Å². The number of ether oxygens (including phenoxy) is 1. The summed E-state index contributed by atoms with van der Waals surface area (Å²) in [5.41, 5.74) is 3.81. The number of nitrogens with one attached hydrogen (secondary N) is 1. The van der Waals surface area contributed by atoms with Crippen molar-refractivity contribution in [2.75, 3.05) is 12.4 Å². The van der Waals surface area contributed by atoms with Crippen molar-refractivity contribution < 1.29 is 19.4 Å². The molecule has 0 aliphatic carbocycles. The molecule has 0 fully saturated rings. The van der Waals surface area contributed by atoms with Gasteiger partial charge in [0.25, 0.3) is 17.3 Å². The molecule has 1 amide bonds. The van der Waals surface area contributed by atoms with Crippen LogP contribution in [0, 0.1) is 20.2 Å². The van der Waals surface area contributed by atoms with Crippen molar-refractivity contribution in [3.05, 3.63) is 62.2 Å². The van der Waals surface area contributed by atoms with Crippen LogP contribution in [0.3, 0.4) is 0 Å². The summed E-state index contributed by atoms with van der Waals surface area (Å²) in [7, 11) is 1.48. The highest BCUT2D eigenvalue weighted by atomic mass is 16.6. The molecule has 2 rings (SSSR count). The van der Waals surface area contributed by atoms with Crippen LogP contribution in [0.5, 0.6) is 5.75 Å². The molecular formula is C14H12N4O6. The van der Waals surface area contributed by atoms with Crippen LogP contribution in [0.4, 0.5) is 22.7 Å². The number of anilines is 2. The van der Waals surface area contributed by atoms with E-state index >= 15 is 0 Å². The summed E-state index contributed by atoms with van der Waals surface area (Å²) < 4.78 is 5.00. The predicted molar refractivity (Wildman–Crippen MR) is 84.5 cm³/mol. The third-order valence-electron chi connectivity index (χ3n) is 3.13. The number of non-ortho nitro benzene ring substituents is 1. The summed E-state index contributed by atoms with van der Waals surface area (Å²) in [6, 6.07) is 7.98. The minimum absolute atomic E-state index is 0.219. The fourth-order valence-corrected chi connectivity index (χ4v) is 2.01. The Kier molecular flexibility index (Phi) is 4.59. The predicted octanol–water partition coefficient (Wildman–Crippen LogP) is 2.35. The van der Waals surface area contributed by atoms with Crippen LogP contribution < -0.4 is 15.8 Å². The maximum atomic E-state index is 11.6. The molecule has 124 valence electrons. The lowest BCUT2D eigenvalue weighted by molar-refractivity contribution is -0.393. The Labute approximate surface area is 135 Å². The van der Waals surface area contributed by atoms with Crippen LogP contribution in [0.25, 0.3) is 0 Å². The molecule has 24 heavy (non-hydrogen) atoms. The summed E-state index contributed by atoms with van der Waals surface area (Å²) in [4.78, 5) is 32.0. The molecule has 0 radical (unpaired) electrons. The maximum Gasteiger partial charge on any atom is 0.300 e. The molecule has 0 aliphatic rings. The van der Waals surface area contributed by atoms with E-state index in [1.807, 2.05) is 0 Å². The van der Waals surface area contributed by atoms with E-state index in [0.717, 1.165) is 12.1 Å². The number of methoxy groups -OCH3 is 1. The quantitative estimate of drug-likeness (QED) is 0.608. The Hall–Kier alpha value is -3.69. The van der Waals surface area contributed by atoms with Gasteiger partial charge in [0.2, 0.25) is 0 Å². The number of hydrogen-bond donors (Lipinski definition) is 2. The second-order valence-electron chi connectivity index (χ2n) is 4.62. The van der Waals surface area contributed by atoms with E-state index in [2.05, 4.69) is 5.32 Å². The second-order valence-corrected chi connectivity index (χ2v) is 4.62. The van der Waals surface area contributed by atoms with Crippen LogP contribution in [0.15, 0.2) is 36.4 Å². The van der Waals surface area contributed by atoms with Crippen molar-refractivity contribution in [1.29, 1.82) is 0 Å². The number of carbonyl (C=O) groups is 1. The standard InChI is InChI=1S/C14H12N4O6/c1-24-10-4-2-8(3-5-10)16-13-11(14(15)19)6-9(17(20)21)7-12(13)18(22)23/h2-7,16H,1H3,(H2,15,19). The third kappa shape index (κ3) is 3.38. The molecule has 10 heteroatoms. The Bertz CT molecular complexity index is 784. The highest BCUT2D eigenvalue weighted by Crippen LogP contribution is 2.35. The van der Waals surface area contributed by atoms with Crippen molar-refractivity contribution in [2.24, 2.45) is 5.73 Å². The zero-order valence-electron chi connectivity index (χ0n) is 12.4. The van der Waals surface area contributed by atoms with Crippen molar-refractivity contribution in [3.63, 3.8) is 0 Å². The topological polar surface area (TPSA) is 151 Å². The molecule has 0 unspecified atom stereocenters. The van der Waals surface area contributed by atoms with Gasteiger partial charge in [0.1, 0.15) is 11.4 Å². The van der Waals surface area contributed by atoms with Crippen LogP contribution in [-0.2, 0) is 0 Å². The van der Waals surface area contributed by atoms with Crippen LogP contribution >= 0.6 is 0 Å². The van der Waals surface area contributed by atoms with Gasteiger partial charge in [0.15, 0.2) is 0 Å². The number of nitrogens with zero attached hydrogens (tertiary/aromatic N) is 2. The largest absolute Gasteiger partial charge is 0.497 e. The number of benzene rings is 2. The Morgan fingerprint density at radius 1 is 1.12 bits per heavy atom. The lowest BCUT2D eigenvalue weighted by Crippen LogP contribution is -2.15. The average Bonchev–Trinajstić information content (AvgIpc) is 2.54. The van der Waals surface area contributed by atoms with Gasteiger partial charge in [0, 0.05) is 11.8 Å². The smallest absolute Gasteiger partial charge is 0.300 e. The van der Waals surface area contributed by atoms with Crippen molar-refractivity contribution in [3.8, 4) is 5.75 Å². The molecule has 0 saturated heterocycles. The van der Waals surface area contributed by atoms with Crippen molar-refractivity contribution >= 4 is 28.7 Å². The van der Waals surface area contributed by atoms with Crippen molar-refractivity contribution in [2.45, 2.75) is 0 Å². The SMILES string of the molecule is COc1ccc(Nc2c(C(N)=O)cc([N+](=O)[O-])cc2[N+](=O)[O-])cc1. The Balaban J connectivity index is 2.58. The molecule has 3 N–H and O–H groups in total. The van der Waals surface area contributed by atoms with Gasteiger partial charge in [-0.3, -0.25) is 25.0 Å². The van der Waals surface area contributed by atoms with E-state index < -0.39 is 27.1 Å².